The van der Waals surface area contributed by atoms with Gasteiger partial charge in [-0.25, -0.2) is 0 Å². The number of hydrazone groups is 1. The van der Waals surface area contributed by atoms with Gasteiger partial charge in [0, 0.05) is 16.3 Å². The molecule has 1 N–H and O–H groups in total. The molecule has 0 unspecified atom stereocenters. The number of hydrogen-bond acceptors (Lipinski definition) is 7. The Labute approximate surface area is 149 Å². The first-order chi connectivity index (χ1) is 12.8. The molecule has 0 atom stereocenters. The molecule has 8 nitrogen and oxygen atoms in total. The van der Waals surface area contributed by atoms with Gasteiger partial charge in [-0.3, -0.25) is 5.43 Å². The van der Waals surface area contributed by atoms with Gasteiger partial charge < -0.3 is 9.47 Å². The molecule has 2 heterocycles. The summed E-state index contributed by atoms with van der Waals surface area (Å²) < 4.78 is 12.2. The lowest BCUT2D eigenvalue weighted by Gasteiger charge is -2.08. The maximum atomic E-state index is 5.35. The Bertz CT molecular complexity index is 1110. The first-order valence-corrected chi connectivity index (χ1v) is 7.90. The lowest BCUT2D eigenvalue weighted by Crippen LogP contribution is -2.01. The van der Waals surface area contributed by atoms with Gasteiger partial charge in [-0.15, -0.1) is 15.3 Å². The van der Waals surface area contributed by atoms with Crippen molar-refractivity contribution in [3.63, 3.8) is 0 Å². The molecule has 8 heteroatoms. The van der Waals surface area contributed by atoms with Gasteiger partial charge in [0.2, 0.25) is 0 Å². The SMILES string of the molecule is COc1ccc(OC)c(/C=N\Nc2nn3cnnc3c3ccccc23)c1. The maximum absolute atomic E-state index is 5.35. The van der Waals surface area contributed by atoms with Crippen molar-refractivity contribution in [3.05, 3.63) is 54.4 Å². The van der Waals surface area contributed by atoms with E-state index >= 15 is 0 Å². The van der Waals surface area contributed by atoms with Crippen LogP contribution in [0.4, 0.5) is 5.82 Å². The van der Waals surface area contributed by atoms with Crippen LogP contribution in [0, 0.1) is 0 Å². The zero-order valence-corrected chi connectivity index (χ0v) is 14.2. The van der Waals surface area contributed by atoms with Crippen molar-refractivity contribution >= 4 is 28.5 Å². The number of hydrogen-bond donors (Lipinski definition) is 1. The highest BCUT2D eigenvalue weighted by molar-refractivity contribution is 6.00. The van der Waals surface area contributed by atoms with Gasteiger partial charge in [-0.1, -0.05) is 24.3 Å². The Morgan fingerprint density at radius 1 is 1.08 bits per heavy atom. The molecule has 0 aliphatic heterocycles. The Hall–Kier alpha value is -3.68. The average Bonchev–Trinajstić information content (AvgIpc) is 3.16. The Morgan fingerprint density at radius 3 is 2.73 bits per heavy atom. The maximum Gasteiger partial charge on any atom is 0.185 e. The molecule has 0 aliphatic rings. The zero-order chi connectivity index (χ0) is 17.9. The summed E-state index contributed by atoms with van der Waals surface area (Å²) in [4.78, 5) is 0. The fourth-order valence-electron chi connectivity index (χ4n) is 2.71. The summed E-state index contributed by atoms with van der Waals surface area (Å²) in [5, 5.41) is 18.7. The zero-order valence-electron chi connectivity index (χ0n) is 14.2. The summed E-state index contributed by atoms with van der Waals surface area (Å²) in [7, 11) is 3.23. The number of anilines is 1. The van der Waals surface area contributed by atoms with Gasteiger partial charge in [0.05, 0.1) is 20.4 Å². The molecule has 0 aliphatic carbocycles. The lowest BCUT2D eigenvalue weighted by molar-refractivity contribution is 0.402. The number of methoxy groups -OCH3 is 2. The van der Waals surface area contributed by atoms with Crippen molar-refractivity contribution in [3.8, 4) is 11.5 Å². The molecule has 0 saturated heterocycles. The van der Waals surface area contributed by atoms with Crippen molar-refractivity contribution < 1.29 is 9.47 Å². The Morgan fingerprint density at radius 2 is 1.92 bits per heavy atom. The normalized spacial score (nSPS) is 11.3. The van der Waals surface area contributed by atoms with Crippen molar-refractivity contribution in [2.45, 2.75) is 0 Å². The van der Waals surface area contributed by atoms with E-state index in [1.165, 1.54) is 0 Å². The van der Waals surface area contributed by atoms with E-state index in [4.69, 9.17) is 9.47 Å². The van der Waals surface area contributed by atoms with Crippen molar-refractivity contribution in [2.24, 2.45) is 5.10 Å². The quantitative estimate of drug-likeness (QED) is 0.441. The third kappa shape index (κ3) is 2.77. The molecule has 0 saturated carbocycles. The van der Waals surface area contributed by atoms with Crippen LogP contribution < -0.4 is 14.9 Å². The molecular formula is C18H16N6O2. The van der Waals surface area contributed by atoms with Crippen LogP contribution in [0.5, 0.6) is 11.5 Å². The molecule has 4 rings (SSSR count). The lowest BCUT2D eigenvalue weighted by atomic mass is 10.2. The van der Waals surface area contributed by atoms with Gasteiger partial charge in [0.15, 0.2) is 11.5 Å². The van der Waals surface area contributed by atoms with Crippen LogP contribution in [-0.4, -0.2) is 40.2 Å². The summed E-state index contributed by atoms with van der Waals surface area (Å²) in [6.07, 6.45) is 3.22. The van der Waals surface area contributed by atoms with Gasteiger partial charge in [0.25, 0.3) is 0 Å². The number of benzene rings is 2. The molecule has 0 fully saturated rings. The number of nitrogens with one attached hydrogen (secondary N) is 1. The van der Waals surface area contributed by atoms with Crippen LogP contribution >= 0.6 is 0 Å². The second kappa shape index (κ2) is 6.67. The second-order valence-corrected chi connectivity index (χ2v) is 5.47. The highest BCUT2D eigenvalue weighted by Crippen LogP contribution is 2.25. The molecular weight excluding hydrogens is 332 g/mol. The fraction of sp³-hybridized carbons (Fsp3) is 0.111. The Kier molecular flexibility index (Phi) is 4.06. The molecule has 26 heavy (non-hydrogen) atoms. The fourth-order valence-corrected chi connectivity index (χ4v) is 2.71. The smallest absolute Gasteiger partial charge is 0.185 e. The molecule has 4 aromatic rings. The summed E-state index contributed by atoms with van der Waals surface area (Å²) in [5.74, 6) is 2.02. The summed E-state index contributed by atoms with van der Waals surface area (Å²) >= 11 is 0. The van der Waals surface area contributed by atoms with Gasteiger partial charge in [-0.05, 0) is 18.2 Å². The van der Waals surface area contributed by atoms with Crippen LogP contribution in [0.25, 0.3) is 16.4 Å². The number of aromatic nitrogens is 4. The van der Waals surface area contributed by atoms with E-state index in [1.807, 2.05) is 42.5 Å². The number of rotatable bonds is 5. The molecule has 0 amide bonds. The van der Waals surface area contributed by atoms with Crippen molar-refractivity contribution in [2.75, 3.05) is 19.6 Å². The minimum atomic E-state index is 0.603. The summed E-state index contributed by atoms with van der Waals surface area (Å²) in [6.45, 7) is 0. The van der Waals surface area contributed by atoms with Crippen LogP contribution in [0.1, 0.15) is 5.56 Å². The monoisotopic (exact) mass is 348 g/mol. The third-order valence-electron chi connectivity index (χ3n) is 3.97. The van der Waals surface area contributed by atoms with E-state index in [2.05, 4.69) is 25.8 Å². The van der Waals surface area contributed by atoms with E-state index in [0.29, 0.717) is 17.2 Å². The second-order valence-electron chi connectivity index (χ2n) is 5.47. The number of nitrogens with zero attached hydrogens (tertiary/aromatic N) is 5. The predicted molar refractivity (Wildman–Crippen MR) is 99.1 cm³/mol. The van der Waals surface area contributed by atoms with Gasteiger partial charge in [-0.2, -0.15) is 9.62 Å². The Balaban J connectivity index is 1.70. The van der Waals surface area contributed by atoms with Gasteiger partial charge >= 0.3 is 0 Å². The largest absolute Gasteiger partial charge is 0.497 e. The topological polar surface area (TPSA) is 85.9 Å². The van der Waals surface area contributed by atoms with E-state index in [9.17, 15) is 0 Å². The average molecular weight is 348 g/mol. The van der Waals surface area contributed by atoms with E-state index < -0.39 is 0 Å². The summed E-state index contributed by atoms with van der Waals surface area (Å²) in [5.41, 5.74) is 4.48. The van der Waals surface area contributed by atoms with Crippen molar-refractivity contribution in [1.29, 1.82) is 0 Å². The molecule has 130 valence electrons. The van der Waals surface area contributed by atoms with Gasteiger partial charge in [0.1, 0.15) is 17.8 Å². The van der Waals surface area contributed by atoms with E-state index in [1.54, 1.807) is 31.3 Å². The van der Waals surface area contributed by atoms with Crippen LogP contribution in [0.15, 0.2) is 53.9 Å². The molecule has 0 bridgehead atoms. The van der Waals surface area contributed by atoms with E-state index in [-0.39, 0.29) is 0 Å². The molecule has 2 aromatic heterocycles. The van der Waals surface area contributed by atoms with Crippen LogP contribution in [0.2, 0.25) is 0 Å². The molecule has 2 aromatic carbocycles. The van der Waals surface area contributed by atoms with Crippen molar-refractivity contribution in [1.82, 2.24) is 19.8 Å². The molecule has 0 spiro atoms. The van der Waals surface area contributed by atoms with Crippen LogP contribution in [-0.2, 0) is 0 Å². The first-order valence-electron chi connectivity index (χ1n) is 7.90. The first kappa shape index (κ1) is 15.8. The number of ether oxygens (including phenoxy) is 2. The van der Waals surface area contributed by atoms with Crippen LogP contribution in [0.3, 0.4) is 0 Å². The minimum absolute atomic E-state index is 0.603. The minimum Gasteiger partial charge on any atom is -0.497 e. The van der Waals surface area contributed by atoms with E-state index in [0.717, 1.165) is 22.1 Å². The predicted octanol–water partition coefficient (Wildman–Crippen LogP) is 2.74. The highest BCUT2D eigenvalue weighted by atomic mass is 16.5. The number of fused-ring (bicyclic) bond motifs is 3. The summed E-state index contributed by atoms with van der Waals surface area (Å²) in [6, 6.07) is 13.3. The highest BCUT2D eigenvalue weighted by Gasteiger charge is 2.09. The third-order valence-corrected chi connectivity index (χ3v) is 3.97. The standard InChI is InChI=1S/C18H16N6O2/c1-25-13-7-8-16(26-2)12(9-13)10-19-21-17-14-5-3-4-6-15(14)18-22-20-11-24(18)23-17/h3-11H,1-2H3,(H,21,23)/b19-10-. The molecule has 0 radical (unpaired) electrons.